The van der Waals surface area contributed by atoms with Gasteiger partial charge in [-0.25, -0.2) is 12.8 Å². The number of sulfone groups is 1. The molecule has 0 aliphatic carbocycles. The molecule has 0 unspecified atom stereocenters. The number of anilines is 2. The van der Waals surface area contributed by atoms with Gasteiger partial charge in [0.25, 0.3) is 0 Å². The van der Waals surface area contributed by atoms with Gasteiger partial charge in [-0.1, -0.05) is 0 Å². The highest BCUT2D eigenvalue weighted by molar-refractivity contribution is 7.90. The third-order valence-corrected chi connectivity index (χ3v) is 2.93. The Morgan fingerprint density at radius 1 is 1.47 bits per heavy atom. The zero-order valence-corrected chi connectivity index (χ0v) is 10.1. The molecule has 1 aromatic carbocycles. The van der Waals surface area contributed by atoms with E-state index in [-0.39, 0.29) is 17.9 Å². The Bertz CT molecular complexity index is 528. The lowest BCUT2D eigenvalue weighted by Gasteiger charge is -2.05. The van der Waals surface area contributed by atoms with Crippen molar-refractivity contribution in [1.82, 2.24) is 0 Å². The van der Waals surface area contributed by atoms with Gasteiger partial charge < -0.3 is 11.1 Å². The molecule has 0 aliphatic rings. The van der Waals surface area contributed by atoms with Crippen LogP contribution in [0.1, 0.15) is 6.42 Å². The summed E-state index contributed by atoms with van der Waals surface area (Å²) in [6.07, 6.45) is 0.909. The predicted molar refractivity (Wildman–Crippen MR) is 63.8 cm³/mol. The summed E-state index contributed by atoms with van der Waals surface area (Å²) in [5.41, 5.74) is 5.58. The number of rotatable bonds is 4. The van der Waals surface area contributed by atoms with Gasteiger partial charge in [-0.2, -0.15) is 0 Å². The fourth-order valence-electron chi connectivity index (χ4n) is 1.12. The minimum Gasteiger partial charge on any atom is -0.396 e. The van der Waals surface area contributed by atoms with Crippen molar-refractivity contribution in [2.45, 2.75) is 6.42 Å². The lowest BCUT2D eigenvalue weighted by Crippen LogP contribution is -2.16. The van der Waals surface area contributed by atoms with Gasteiger partial charge in [-0.3, -0.25) is 4.79 Å². The summed E-state index contributed by atoms with van der Waals surface area (Å²) in [6, 6.07) is 3.75. The van der Waals surface area contributed by atoms with Crippen LogP contribution in [0, 0.1) is 5.82 Å². The first-order chi connectivity index (χ1) is 7.78. The second-order valence-corrected chi connectivity index (χ2v) is 5.92. The molecular formula is C10H13FN2O3S. The van der Waals surface area contributed by atoms with E-state index in [1.807, 2.05) is 0 Å². The number of amides is 1. The lowest BCUT2D eigenvalue weighted by atomic mass is 10.2. The zero-order chi connectivity index (χ0) is 13.1. The summed E-state index contributed by atoms with van der Waals surface area (Å²) in [6.45, 7) is 0. The van der Waals surface area contributed by atoms with E-state index in [1.54, 1.807) is 0 Å². The van der Waals surface area contributed by atoms with Crippen LogP contribution in [0.15, 0.2) is 18.2 Å². The van der Waals surface area contributed by atoms with E-state index in [9.17, 15) is 17.6 Å². The molecule has 0 heterocycles. The molecular weight excluding hydrogens is 247 g/mol. The molecule has 0 aromatic heterocycles. The molecule has 0 fully saturated rings. The summed E-state index contributed by atoms with van der Waals surface area (Å²) >= 11 is 0. The van der Waals surface area contributed by atoms with Crippen molar-refractivity contribution >= 4 is 27.1 Å². The van der Waals surface area contributed by atoms with Crippen LogP contribution in [0.2, 0.25) is 0 Å². The smallest absolute Gasteiger partial charge is 0.225 e. The molecule has 0 aliphatic heterocycles. The lowest BCUT2D eigenvalue weighted by molar-refractivity contribution is -0.115. The molecule has 0 radical (unpaired) electrons. The average Bonchev–Trinajstić information content (AvgIpc) is 2.20. The monoisotopic (exact) mass is 260 g/mol. The maximum Gasteiger partial charge on any atom is 0.225 e. The third kappa shape index (κ3) is 4.81. The number of hydrogen-bond donors (Lipinski definition) is 2. The maximum atomic E-state index is 12.8. The van der Waals surface area contributed by atoms with Crippen LogP contribution in [-0.2, 0) is 14.6 Å². The summed E-state index contributed by atoms with van der Waals surface area (Å²) < 4.78 is 34.5. The van der Waals surface area contributed by atoms with Crippen LogP contribution in [0.5, 0.6) is 0 Å². The van der Waals surface area contributed by atoms with E-state index in [0.717, 1.165) is 12.3 Å². The second-order valence-electron chi connectivity index (χ2n) is 3.66. The topological polar surface area (TPSA) is 89.3 Å². The molecule has 3 N–H and O–H groups in total. The van der Waals surface area contributed by atoms with Crippen molar-refractivity contribution in [3.8, 4) is 0 Å². The van der Waals surface area contributed by atoms with Crippen molar-refractivity contribution in [3.05, 3.63) is 24.0 Å². The number of carbonyl (C=O) groups excluding carboxylic acids is 1. The molecule has 0 saturated heterocycles. The first kappa shape index (κ1) is 13.4. The van der Waals surface area contributed by atoms with Gasteiger partial charge in [-0.05, 0) is 18.2 Å². The van der Waals surface area contributed by atoms with Crippen LogP contribution in [0.25, 0.3) is 0 Å². The highest BCUT2D eigenvalue weighted by Crippen LogP contribution is 2.16. The Labute approximate surface area is 98.7 Å². The number of carbonyl (C=O) groups is 1. The molecule has 1 amide bonds. The third-order valence-electron chi connectivity index (χ3n) is 1.98. The minimum atomic E-state index is -3.17. The Morgan fingerprint density at radius 3 is 2.65 bits per heavy atom. The normalized spacial score (nSPS) is 11.2. The molecule has 1 aromatic rings. The van der Waals surface area contributed by atoms with E-state index in [4.69, 9.17) is 5.73 Å². The highest BCUT2D eigenvalue weighted by atomic mass is 32.2. The van der Waals surface area contributed by atoms with Crippen molar-refractivity contribution in [2.75, 3.05) is 23.1 Å². The van der Waals surface area contributed by atoms with Crippen molar-refractivity contribution in [2.24, 2.45) is 0 Å². The largest absolute Gasteiger partial charge is 0.396 e. The minimum absolute atomic E-state index is 0.0779. The molecule has 0 atom stereocenters. The van der Waals surface area contributed by atoms with E-state index in [2.05, 4.69) is 5.32 Å². The maximum absolute atomic E-state index is 12.8. The van der Waals surface area contributed by atoms with Crippen LogP contribution < -0.4 is 11.1 Å². The first-order valence-electron chi connectivity index (χ1n) is 4.80. The molecule has 5 nitrogen and oxygen atoms in total. The fourth-order valence-corrected chi connectivity index (χ4v) is 1.68. The predicted octanol–water partition coefficient (Wildman–Crippen LogP) is 0.781. The molecule has 0 bridgehead atoms. The molecule has 1 rings (SSSR count). The number of hydrogen-bond acceptors (Lipinski definition) is 4. The van der Waals surface area contributed by atoms with Crippen LogP contribution in [0.3, 0.4) is 0 Å². The molecule has 7 heteroatoms. The fraction of sp³-hybridized carbons (Fsp3) is 0.300. The van der Waals surface area contributed by atoms with Gasteiger partial charge in [-0.15, -0.1) is 0 Å². The van der Waals surface area contributed by atoms with E-state index in [1.165, 1.54) is 12.1 Å². The van der Waals surface area contributed by atoms with Gasteiger partial charge >= 0.3 is 0 Å². The quantitative estimate of drug-likeness (QED) is 0.783. The first-order valence-corrected chi connectivity index (χ1v) is 6.86. The second kappa shape index (κ2) is 5.13. The average molecular weight is 260 g/mol. The summed E-state index contributed by atoms with van der Waals surface area (Å²) in [5, 5.41) is 2.43. The van der Waals surface area contributed by atoms with Crippen LogP contribution in [-0.4, -0.2) is 26.3 Å². The van der Waals surface area contributed by atoms with Gasteiger partial charge in [0.15, 0.2) is 0 Å². The van der Waals surface area contributed by atoms with E-state index < -0.39 is 21.6 Å². The molecule has 94 valence electrons. The van der Waals surface area contributed by atoms with Crippen molar-refractivity contribution in [3.63, 3.8) is 0 Å². The Morgan fingerprint density at radius 2 is 2.12 bits per heavy atom. The molecule has 17 heavy (non-hydrogen) atoms. The number of nitrogens with two attached hydrogens (primary N) is 1. The summed E-state index contributed by atoms with van der Waals surface area (Å²) in [4.78, 5) is 11.3. The molecule has 0 saturated carbocycles. The SMILES string of the molecule is CS(=O)(=O)CCC(=O)Nc1ccc(F)c(N)c1. The Hall–Kier alpha value is -1.63. The van der Waals surface area contributed by atoms with Crippen LogP contribution >= 0.6 is 0 Å². The van der Waals surface area contributed by atoms with Gasteiger partial charge in [0, 0.05) is 18.4 Å². The molecule has 0 spiro atoms. The number of nitrogen functional groups attached to an aromatic ring is 1. The zero-order valence-electron chi connectivity index (χ0n) is 9.23. The summed E-state index contributed by atoms with van der Waals surface area (Å²) in [7, 11) is -3.17. The highest BCUT2D eigenvalue weighted by Gasteiger charge is 2.08. The van der Waals surface area contributed by atoms with E-state index in [0.29, 0.717) is 5.69 Å². The summed E-state index contributed by atoms with van der Waals surface area (Å²) in [5.74, 6) is -1.25. The van der Waals surface area contributed by atoms with Crippen molar-refractivity contribution in [1.29, 1.82) is 0 Å². The van der Waals surface area contributed by atoms with Crippen molar-refractivity contribution < 1.29 is 17.6 Å². The van der Waals surface area contributed by atoms with Gasteiger partial charge in [0.2, 0.25) is 5.91 Å². The van der Waals surface area contributed by atoms with E-state index >= 15 is 0 Å². The van der Waals surface area contributed by atoms with Crippen LogP contribution in [0.4, 0.5) is 15.8 Å². The Kier molecular flexibility index (Phi) is 4.06. The number of nitrogens with one attached hydrogen (secondary N) is 1. The standard InChI is InChI=1S/C10H13FN2O3S/c1-17(15,16)5-4-10(14)13-7-2-3-8(11)9(12)6-7/h2-3,6H,4-5,12H2,1H3,(H,13,14). The number of benzene rings is 1. The van der Waals surface area contributed by atoms with Gasteiger partial charge in [0.05, 0.1) is 11.4 Å². The van der Waals surface area contributed by atoms with Gasteiger partial charge in [0.1, 0.15) is 15.7 Å². The Balaban J connectivity index is 2.59. The number of halogens is 1.